The van der Waals surface area contributed by atoms with Crippen LogP contribution in [0, 0.1) is 5.41 Å². The highest BCUT2D eigenvalue weighted by molar-refractivity contribution is 6.03. The van der Waals surface area contributed by atoms with Crippen molar-refractivity contribution >= 4 is 5.78 Å². The van der Waals surface area contributed by atoms with Gasteiger partial charge in [0.2, 0.25) is 5.75 Å². The molecule has 1 aliphatic rings. The molecule has 3 rings (SSSR count). The Bertz CT molecular complexity index is 839. The van der Waals surface area contributed by atoms with Crippen molar-refractivity contribution in [2.24, 2.45) is 5.41 Å². The number of hydrogen-bond acceptors (Lipinski definition) is 6. The summed E-state index contributed by atoms with van der Waals surface area (Å²) in [6.07, 6.45) is 2.11. The Morgan fingerprint density at radius 1 is 1.07 bits per heavy atom. The van der Waals surface area contributed by atoms with Crippen LogP contribution in [0.2, 0.25) is 0 Å². The topological polar surface area (TPSA) is 77.0 Å². The van der Waals surface area contributed by atoms with Crippen molar-refractivity contribution in [1.29, 1.82) is 0 Å². The summed E-state index contributed by atoms with van der Waals surface area (Å²) in [5.74, 6) is 1.25. The Labute approximate surface area is 171 Å². The van der Waals surface area contributed by atoms with Crippen molar-refractivity contribution in [3.63, 3.8) is 0 Å². The van der Waals surface area contributed by atoms with Crippen LogP contribution >= 0.6 is 0 Å². The molecule has 156 valence electrons. The highest BCUT2D eigenvalue weighted by atomic mass is 16.5. The molecule has 2 atom stereocenters. The second-order valence-electron chi connectivity index (χ2n) is 7.52. The van der Waals surface area contributed by atoms with Crippen molar-refractivity contribution < 1.29 is 24.1 Å². The molecule has 2 unspecified atom stereocenters. The van der Waals surface area contributed by atoms with Crippen molar-refractivity contribution in [3.8, 4) is 17.2 Å². The van der Waals surface area contributed by atoms with Crippen molar-refractivity contribution in [1.82, 2.24) is 5.32 Å². The number of carbonyl (C=O) groups excluding carboxylic acids is 1. The molecule has 2 N–H and O–H groups in total. The third-order valence-electron chi connectivity index (χ3n) is 5.71. The standard InChI is InChI=1S/C23H29NO5/c1-27-19-10-9-17(21(28-2)22(19)29-3)20(26)18-14-23(11-12-25,15-24-18)13-16-7-5-4-6-8-16/h4-10,18,24-25H,11-15H2,1-3H3. The summed E-state index contributed by atoms with van der Waals surface area (Å²) in [6, 6.07) is 13.3. The molecule has 0 spiro atoms. The molecule has 6 nitrogen and oxygen atoms in total. The zero-order chi connectivity index (χ0) is 20.9. The molecule has 2 aromatic carbocycles. The lowest BCUT2D eigenvalue weighted by Gasteiger charge is -2.28. The largest absolute Gasteiger partial charge is 0.493 e. The van der Waals surface area contributed by atoms with Gasteiger partial charge in [-0.05, 0) is 42.4 Å². The Kier molecular flexibility index (Phi) is 6.77. The fourth-order valence-corrected chi connectivity index (χ4v) is 4.27. The molecule has 0 bridgehead atoms. The maximum Gasteiger partial charge on any atom is 0.204 e. The molecule has 1 aliphatic heterocycles. The molecular formula is C23H29NO5. The van der Waals surface area contributed by atoms with Crippen LogP contribution < -0.4 is 19.5 Å². The van der Waals surface area contributed by atoms with Gasteiger partial charge < -0.3 is 24.6 Å². The van der Waals surface area contributed by atoms with Crippen LogP contribution in [0.1, 0.15) is 28.8 Å². The minimum absolute atomic E-state index is 0.0457. The van der Waals surface area contributed by atoms with E-state index in [1.807, 2.05) is 18.2 Å². The number of aliphatic hydroxyl groups is 1. The highest BCUT2D eigenvalue weighted by Gasteiger charge is 2.42. The Morgan fingerprint density at radius 3 is 2.41 bits per heavy atom. The van der Waals surface area contributed by atoms with Gasteiger partial charge in [0.15, 0.2) is 17.3 Å². The van der Waals surface area contributed by atoms with Gasteiger partial charge in [0.25, 0.3) is 0 Å². The number of rotatable bonds is 9. The molecule has 1 fully saturated rings. The van der Waals surface area contributed by atoms with E-state index in [1.165, 1.54) is 19.8 Å². The molecule has 1 heterocycles. The van der Waals surface area contributed by atoms with Crippen LogP contribution in [0.3, 0.4) is 0 Å². The number of hydrogen-bond donors (Lipinski definition) is 2. The van der Waals surface area contributed by atoms with Gasteiger partial charge in [-0.3, -0.25) is 4.79 Å². The SMILES string of the molecule is COc1ccc(C(=O)C2CC(CCO)(Cc3ccccc3)CN2)c(OC)c1OC. The molecule has 0 saturated carbocycles. The summed E-state index contributed by atoms with van der Waals surface area (Å²) in [6.45, 7) is 0.767. The van der Waals surface area contributed by atoms with Gasteiger partial charge in [0.05, 0.1) is 32.9 Å². The van der Waals surface area contributed by atoms with E-state index in [0.29, 0.717) is 42.2 Å². The van der Waals surface area contributed by atoms with Gasteiger partial charge in [-0.15, -0.1) is 0 Å². The van der Waals surface area contributed by atoms with E-state index in [4.69, 9.17) is 14.2 Å². The summed E-state index contributed by atoms with van der Waals surface area (Å²) in [5.41, 5.74) is 1.50. The summed E-state index contributed by atoms with van der Waals surface area (Å²) < 4.78 is 16.2. The first-order chi connectivity index (χ1) is 14.1. The Hall–Kier alpha value is -2.57. The molecule has 0 aliphatic carbocycles. The van der Waals surface area contributed by atoms with E-state index in [0.717, 1.165) is 6.42 Å². The van der Waals surface area contributed by atoms with Gasteiger partial charge in [-0.25, -0.2) is 0 Å². The zero-order valence-corrected chi connectivity index (χ0v) is 17.2. The van der Waals surface area contributed by atoms with E-state index in [9.17, 15) is 9.90 Å². The summed E-state index contributed by atoms with van der Waals surface area (Å²) in [4.78, 5) is 13.3. The predicted octanol–water partition coefficient (Wildman–Crippen LogP) is 2.87. The van der Waals surface area contributed by atoms with Crippen LogP contribution in [0.25, 0.3) is 0 Å². The van der Waals surface area contributed by atoms with Gasteiger partial charge in [0.1, 0.15) is 0 Å². The van der Waals surface area contributed by atoms with Gasteiger partial charge >= 0.3 is 0 Å². The fraction of sp³-hybridized carbons (Fsp3) is 0.435. The Balaban J connectivity index is 1.85. The molecular weight excluding hydrogens is 370 g/mol. The molecule has 0 aromatic heterocycles. The van der Waals surface area contributed by atoms with E-state index in [1.54, 1.807) is 19.2 Å². The van der Waals surface area contributed by atoms with Crippen molar-refractivity contribution in [3.05, 3.63) is 53.6 Å². The van der Waals surface area contributed by atoms with Crippen LogP contribution in [-0.2, 0) is 6.42 Å². The van der Waals surface area contributed by atoms with E-state index in [-0.39, 0.29) is 23.8 Å². The quantitative estimate of drug-likeness (QED) is 0.632. The smallest absolute Gasteiger partial charge is 0.204 e. The maximum absolute atomic E-state index is 13.3. The normalized spacial score (nSPS) is 21.0. The number of benzene rings is 2. The van der Waals surface area contributed by atoms with Crippen LogP contribution in [0.5, 0.6) is 17.2 Å². The molecule has 29 heavy (non-hydrogen) atoms. The van der Waals surface area contributed by atoms with E-state index >= 15 is 0 Å². The number of ketones is 1. The number of nitrogens with one attached hydrogen (secondary N) is 1. The Morgan fingerprint density at radius 2 is 1.79 bits per heavy atom. The number of carbonyl (C=O) groups is 1. The van der Waals surface area contributed by atoms with E-state index < -0.39 is 0 Å². The third-order valence-corrected chi connectivity index (χ3v) is 5.71. The van der Waals surface area contributed by atoms with Crippen LogP contribution in [0.15, 0.2) is 42.5 Å². The average molecular weight is 399 g/mol. The molecule has 0 radical (unpaired) electrons. The minimum Gasteiger partial charge on any atom is -0.493 e. The summed E-state index contributed by atoms with van der Waals surface area (Å²) >= 11 is 0. The van der Waals surface area contributed by atoms with Crippen molar-refractivity contribution in [2.75, 3.05) is 34.5 Å². The molecule has 6 heteroatoms. The first kappa shape index (κ1) is 21.1. The van der Waals surface area contributed by atoms with Crippen LogP contribution in [0.4, 0.5) is 0 Å². The second-order valence-corrected chi connectivity index (χ2v) is 7.52. The van der Waals surface area contributed by atoms with E-state index in [2.05, 4.69) is 17.4 Å². The van der Waals surface area contributed by atoms with Gasteiger partial charge in [-0.1, -0.05) is 30.3 Å². The highest BCUT2D eigenvalue weighted by Crippen LogP contribution is 2.42. The predicted molar refractivity (Wildman–Crippen MR) is 111 cm³/mol. The number of ether oxygens (including phenoxy) is 3. The lowest BCUT2D eigenvalue weighted by Crippen LogP contribution is -2.31. The zero-order valence-electron chi connectivity index (χ0n) is 17.2. The molecule has 0 amide bonds. The lowest BCUT2D eigenvalue weighted by molar-refractivity contribution is 0.0938. The minimum atomic E-state index is -0.350. The first-order valence-corrected chi connectivity index (χ1v) is 9.79. The first-order valence-electron chi connectivity index (χ1n) is 9.79. The van der Waals surface area contributed by atoms with Crippen molar-refractivity contribution in [2.45, 2.75) is 25.3 Å². The molecule has 2 aromatic rings. The van der Waals surface area contributed by atoms with Gasteiger partial charge in [0, 0.05) is 13.2 Å². The maximum atomic E-state index is 13.3. The van der Waals surface area contributed by atoms with Crippen LogP contribution in [-0.4, -0.2) is 51.4 Å². The second kappa shape index (κ2) is 9.29. The third kappa shape index (κ3) is 4.38. The number of Topliss-reactive ketones (excluding diaryl/α,β-unsaturated/α-hetero) is 1. The monoisotopic (exact) mass is 399 g/mol. The van der Waals surface area contributed by atoms with Gasteiger partial charge in [-0.2, -0.15) is 0 Å². The number of aliphatic hydroxyl groups excluding tert-OH is 1. The fourth-order valence-electron chi connectivity index (χ4n) is 4.27. The number of methoxy groups -OCH3 is 3. The molecule has 1 saturated heterocycles. The lowest BCUT2D eigenvalue weighted by atomic mass is 9.76. The summed E-state index contributed by atoms with van der Waals surface area (Å²) in [5, 5.41) is 13.0. The summed E-state index contributed by atoms with van der Waals surface area (Å²) in [7, 11) is 4.58. The average Bonchev–Trinajstić information content (AvgIpc) is 3.16.